The molecule has 2 rings (SSSR count). The predicted molar refractivity (Wildman–Crippen MR) is 92.9 cm³/mol. The fourth-order valence-corrected chi connectivity index (χ4v) is 4.08. The van der Waals surface area contributed by atoms with Crippen molar-refractivity contribution < 1.29 is 8.42 Å². The van der Waals surface area contributed by atoms with E-state index in [-0.39, 0.29) is 5.75 Å². The maximum Gasteiger partial charge on any atom is 0.239 e. The molecule has 2 aromatic carbocycles. The van der Waals surface area contributed by atoms with Crippen molar-refractivity contribution >= 4 is 27.3 Å². The van der Waals surface area contributed by atoms with Crippen LogP contribution in [0.2, 0.25) is 5.02 Å². The minimum absolute atomic E-state index is 0.0297. The summed E-state index contributed by atoms with van der Waals surface area (Å²) in [7, 11) is -3.43. The molecule has 0 fully saturated rings. The molecule has 0 radical (unpaired) electrons. The lowest BCUT2D eigenvalue weighted by Gasteiger charge is -2.24. The van der Waals surface area contributed by atoms with Crippen LogP contribution in [0.15, 0.2) is 48.5 Å². The van der Waals surface area contributed by atoms with Crippen LogP contribution < -0.4 is 4.31 Å². The van der Waals surface area contributed by atoms with Gasteiger partial charge < -0.3 is 0 Å². The van der Waals surface area contributed by atoms with Gasteiger partial charge in [-0.1, -0.05) is 42.8 Å². The van der Waals surface area contributed by atoms with Crippen LogP contribution in [0.25, 0.3) is 0 Å². The Hall–Kier alpha value is -1.52. The highest BCUT2D eigenvalue weighted by Gasteiger charge is 2.22. The summed E-state index contributed by atoms with van der Waals surface area (Å²) < 4.78 is 27.1. The molecule has 0 saturated carbocycles. The molecule has 0 saturated heterocycles. The molecule has 118 valence electrons. The lowest BCUT2D eigenvalue weighted by Crippen LogP contribution is -2.32. The number of aryl methyl sites for hydroxylation is 1. The number of rotatable bonds is 6. The third-order valence-electron chi connectivity index (χ3n) is 3.31. The van der Waals surface area contributed by atoms with Crippen LogP contribution in [-0.2, 0) is 15.8 Å². The van der Waals surface area contributed by atoms with E-state index in [2.05, 4.69) is 0 Å². The standard InChI is InChI=1S/C17H20ClNO2S/c1-3-11-19(17-6-4-5-14(2)12-17)22(20,21)13-15-7-9-16(18)10-8-15/h4-10,12H,3,11,13H2,1-2H3. The molecule has 0 aliphatic heterocycles. The molecule has 2 aromatic rings. The molecule has 0 amide bonds. The van der Waals surface area contributed by atoms with Gasteiger partial charge in [0.05, 0.1) is 11.4 Å². The number of nitrogens with zero attached hydrogens (tertiary/aromatic N) is 1. The highest BCUT2D eigenvalue weighted by molar-refractivity contribution is 7.92. The molecule has 22 heavy (non-hydrogen) atoms. The van der Waals surface area contributed by atoms with E-state index in [0.29, 0.717) is 11.6 Å². The topological polar surface area (TPSA) is 37.4 Å². The van der Waals surface area contributed by atoms with Crippen LogP contribution in [0.5, 0.6) is 0 Å². The number of hydrogen-bond acceptors (Lipinski definition) is 2. The fraction of sp³-hybridized carbons (Fsp3) is 0.294. The Balaban J connectivity index is 2.31. The zero-order valence-electron chi connectivity index (χ0n) is 12.8. The Labute approximate surface area is 137 Å². The minimum atomic E-state index is -3.43. The Morgan fingerprint density at radius 3 is 2.36 bits per heavy atom. The van der Waals surface area contributed by atoms with Crippen LogP contribution in [0.4, 0.5) is 5.69 Å². The second kappa shape index (κ2) is 7.16. The molecular formula is C17H20ClNO2S. The average Bonchev–Trinajstić information content (AvgIpc) is 2.47. The average molecular weight is 338 g/mol. The predicted octanol–water partition coefficient (Wildman–Crippen LogP) is 4.39. The SMILES string of the molecule is CCCN(c1cccc(C)c1)S(=O)(=O)Cc1ccc(Cl)cc1. The van der Waals surface area contributed by atoms with Crippen molar-refractivity contribution in [3.8, 4) is 0 Å². The zero-order chi connectivity index (χ0) is 16.2. The van der Waals surface area contributed by atoms with E-state index in [4.69, 9.17) is 11.6 Å². The van der Waals surface area contributed by atoms with Crippen molar-refractivity contribution in [1.82, 2.24) is 0 Å². The number of anilines is 1. The number of hydrogen-bond donors (Lipinski definition) is 0. The van der Waals surface area contributed by atoms with Gasteiger partial charge in [0.25, 0.3) is 0 Å². The summed E-state index contributed by atoms with van der Waals surface area (Å²) in [6.07, 6.45) is 0.758. The molecule has 3 nitrogen and oxygen atoms in total. The third kappa shape index (κ3) is 4.24. The van der Waals surface area contributed by atoms with Crippen molar-refractivity contribution in [2.75, 3.05) is 10.8 Å². The second-order valence-corrected chi connectivity index (χ2v) is 7.62. The first-order valence-electron chi connectivity index (χ1n) is 7.24. The summed E-state index contributed by atoms with van der Waals surface area (Å²) in [4.78, 5) is 0. The molecule has 0 spiro atoms. The van der Waals surface area contributed by atoms with Crippen molar-refractivity contribution in [1.29, 1.82) is 0 Å². The van der Waals surface area contributed by atoms with Crippen molar-refractivity contribution in [3.63, 3.8) is 0 Å². The highest BCUT2D eigenvalue weighted by atomic mass is 35.5. The van der Waals surface area contributed by atoms with Crippen LogP contribution in [0.1, 0.15) is 24.5 Å². The zero-order valence-corrected chi connectivity index (χ0v) is 14.4. The molecule has 0 aliphatic carbocycles. The van der Waals surface area contributed by atoms with Gasteiger partial charge in [-0.15, -0.1) is 0 Å². The van der Waals surface area contributed by atoms with Crippen LogP contribution >= 0.6 is 11.6 Å². The maximum atomic E-state index is 12.8. The van der Waals surface area contributed by atoms with Gasteiger partial charge in [-0.2, -0.15) is 0 Å². The molecule has 0 heterocycles. The van der Waals surface area contributed by atoms with Gasteiger partial charge in [0.15, 0.2) is 0 Å². The molecule has 0 unspecified atom stereocenters. The van der Waals surface area contributed by atoms with Gasteiger partial charge in [-0.05, 0) is 48.7 Å². The van der Waals surface area contributed by atoms with E-state index in [1.165, 1.54) is 4.31 Å². The van der Waals surface area contributed by atoms with Crippen LogP contribution in [0.3, 0.4) is 0 Å². The Kier molecular flexibility index (Phi) is 5.48. The third-order valence-corrected chi connectivity index (χ3v) is 5.33. The number of sulfonamides is 1. The van der Waals surface area contributed by atoms with E-state index < -0.39 is 10.0 Å². The van der Waals surface area contributed by atoms with Crippen molar-refractivity contribution in [2.24, 2.45) is 0 Å². The van der Waals surface area contributed by atoms with E-state index in [1.807, 2.05) is 38.1 Å². The van der Waals surface area contributed by atoms with Gasteiger partial charge in [0.1, 0.15) is 0 Å². The van der Waals surface area contributed by atoms with Gasteiger partial charge in [-0.25, -0.2) is 8.42 Å². The van der Waals surface area contributed by atoms with Gasteiger partial charge in [-0.3, -0.25) is 4.31 Å². The molecule has 0 bridgehead atoms. The smallest absolute Gasteiger partial charge is 0.239 e. The van der Waals surface area contributed by atoms with Crippen molar-refractivity contribution in [2.45, 2.75) is 26.0 Å². The molecule has 5 heteroatoms. The van der Waals surface area contributed by atoms with E-state index in [9.17, 15) is 8.42 Å². The Morgan fingerprint density at radius 1 is 1.09 bits per heavy atom. The molecule has 0 N–H and O–H groups in total. The molecule has 0 aromatic heterocycles. The summed E-state index contributed by atoms with van der Waals surface area (Å²) in [5, 5.41) is 0.602. The van der Waals surface area contributed by atoms with E-state index in [1.54, 1.807) is 24.3 Å². The molecule has 0 atom stereocenters. The summed E-state index contributed by atoms with van der Waals surface area (Å²) in [6.45, 7) is 4.40. The fourth-order valence-electron chi connectivity index (χ4n) is 2.28. The van der Waals surface area contributed by atoms with Gasteiger partial charge >= 0.3 is 0 Å². The first kappa shape index (κ1) is 16.8. The summed E-state index contributed by atoms with van der Waals surface area (Å²) >= 11 is 5.85. The second-order valence-electron chi connectivity index (χ2n) is 5.29. The largest absolute Gasteiger partial charge is 0.270 e. The van der Waals surface area contributed by atoms with Crippen molar-refractivity contribution in [3.05, 3.63) is 64.7 Å². The first-order chi connectivity index (χ1) is 10.4. The Morgan fingerprint density at radius 2 is 1.77 bits per heavy atom. The molecular weight excluding hydrogens is 318 g/mol. The van der Waals surface area contributed by atoms with E-state index >= 15 is 0 Å². The maximum absolute atomic E-state index is 12.8. The first-order valence-corrected chi connectivity index (χ1v) is 9.22. The summed E-state index contributed by atoms with van der Waals surface area (Å²) in [6, 6.07) is 14.5. The monoisotopic (exact) mass is 337 g/mol. The normalized spacial score (nSPS) is 11.4. The van der Waals surface area contributed by atoms with Gasteiger partial charge in [0, 0.05) is 11.6 Å². The van der Waals surface area contributed by atoms with Crippen LogP contribution in [0, 0.1) is 6.92 Å². The van der Waals surface area contributed by atoms with Gasteiger partial charge in [0.2, 0.25) is 10.0 Å². The van der Waals surface area contributed by atoms with Crippen LogP contribution in [-0.4, -0.2) is 15.0 Å². The Bertz CT molecular complexity index is 727. The lowest BCUT2D eigenvalue weighted by molar-refractivity contribution is 0.589. The lowest BCUT2D eigenvalue weighted by atomic mass is 10.2. The summed E-state index contributed by atoms with van der Waals surface area (Å²) in [5.74, 6) is -0.0297. The number of halogens is 1. The quantitative estimate of drug-likeness (QED) is 0.783. The highest BCUT2D eigenvalue weighted by Crippen LogP contribution is 2.23. The minimum Gasteiger partial charge on any atom is -0.270 e. The molecule has 0 aliphatic rings. The summed E-state index contributed by atoms with van der Waals surface area (Å²) in [5.41, 5.74) is 2.49. The number of benzene rings is 2. The van der Waals surface area contributed by atoms with E-state index in [0.717, 1.165) is 23.2 Å².